The monoisotopic (exact) mass is 317 g/mol. The van der Waals surface area contributed by atoms with Crippen LogP contribution in [0, 0.1) is 5.92 Å². The molecule has 0 aliphatic heterocycles. The van der Waals surface area contributed by atoms with Gasteiger partial charge in [-0.3, -0.25) is 4.79 Å². The molecule has 94 valence electrons. The predicted molar refractivity (Wildman–Crippen MR) is 72.5 cm³/mol. The Kier molecular flexibility index (Phi) is 4.22. The van der Waals surface area contributed by atoms with Crippen LogP contribution in [0.25, 0.3) is 0 Å². The zero-order valence-electron chi connectivity index (χ0n) is 9.73. The molecule has 1 N–H and O–H groups in total. The molecule has 1 fully saturated rings. The van der Waals surface area contributed by atoms with Crippen molar-refractivity contribution in [2.24, 2.45) is 5.92 Å². The van der Waals surface area contributed by atoms with Gasteiger partial charge in [-0.05, 0) is 54.4 Å². The van der Waals surface area contributed by atoms with E-state index in [0.29, 0.717) is 6.04 Å². The van der Waals surface area contributed by atoms with Gasteiger partial charge in [0, 0.05) is 17.5 Å². The summed E-state index contributed by atoms with van der Waals surface area (Å²) in [6, 6.07) is 4.67. The van der Waals surface area contributed by atoms with E-state index in [9.17, 15) is 4.79 Å². The molecule has 0 unspecified atom stereocenters. The quantitative estimate of drug-likeness (QED) is 0.907. The zero-order valence-corrected chi connectivity index (χ0v) is 12.1. The average molecular weight is 318 g/mol. The lowest BCUT2D eigenvalue weighted by Crippen LogP contribution is -2.45. The Morgan fingerprint density at radius 3 is 2.82 bits per heavy atom. The second-order valence-electron chi connectivity index (χ2n) is 4.60. The van der Waals surface area contributed by atoms with Gasteiger partial charge in [0.05, 0.1) is 9.70 Å². The van der Waals surface area contributed by atoms with Crippen LogP contribution in [-0.2, 0) is 11.2 Å². The van der Waals surface area contributed by atoms with Gasteiger partial charge >= 0.3 is 5.97 Å². The highest BCUT2D eigenvalue weighted by Gasteiger charge is 2.36. The number of likely N-dealkylation sites (N-methyl/N-ethyl adjacent to an activating group) is 1. The Morgan fingerprint density at radius 1 is 1.59 bits per heavy atom. The molecule has 1 aromatic heterocycles. The van der Waals surface area contributed by atoms with Gasteiger partial charge in [0.25, 0.3) is 0 Å². The van der Waals surface area contributed by atoms with E-state index in [1.54, 1.807) is 11.3 Å². The van der Waals surface area contributed by atoms with E-state index >= 15 is 0 Å². The molecule has 0 atom stereocenters. The number of carboxylic acids is 1. The fourth-order valence-electron chi connectivity index (χ4n) is 2.10. The van der Waals surface area contributed by atoms with Crippen molar-refractivity contribution in [3.63, 3.8) is 0 Å². The minimum atomic E-state index is -0.642. The number of nitrogens with zero attached hydrogens (tertiary/aromatic N) is 1. The Bertz CT molecular complexity index is 401. The maximum absolute atomic E-state index is 10.7. The predicted octanol–water partition coefficient (Wildman–Crippen LogP) is 2.85. The van der Waals surface area contributed by atoms with Gasteiger partial charge in [-0.25, -0.2) is 0 Å². The number of rotatable bonds is 5. The molecule has 0 aromatic carbocycles. The van der Waals surface area contributed by atoms with Crippen LogP contribution >= 0.6 is 27.3 Å². The van der Waals surface area contributed by atoms with Crippen LogP contribution in [0.2, 0.25) is 0 Å². The standard InChI is InChI=1S/C12H16BrNO2S/c1-14(9-6-8(7-9)12(15)16)5-4-10-2-3-11(13)17-10/h2-3,8-9H,4-7H2,1H3,(H,15,16). The van der Waals surface area contributed by atoms with Gasteiger partial charge in [-0.1, -0.05) is 0 Å². The van der Waals surface area contributed by atoms with Crippen LogP contribution in [-0.4, -0.2) is 35.6 Å². The van der Waals surface area contributed by atoms with Crippen molar-refractivity contribution < 1.29 is 9.90 Å². The van der Waals surface area contributed by atoms with Gasteiger partial charge in [0.15, 0.2) is 0 Å². The number of carbonyl (C=O) groups is 1. The molecule has 1 heterocycles. The molecular weight excluding hydrogens is 302 g/mol. The second kappa shape index (κ2) is 5.50. The van der Waals surface area contributed by atoms with Crippen molar-refractivity contribution in [3.8, 4) is 0 Å². The lowest BCUT2D eigenvalue weighted by atomic mass is 9.79. The van der Waals surface area contributed by atoms with Gasteiger partial charge in [0.1, 0.15) is 0 Å². The first-order valence-electron chi connectivity index (χ1n) is 5.73. The highest BCUT2D eigenvalue weighted by Crippen LogP contribution is 2.31. The van der Waals surface area contributed by atoms with Crippen molar-refractivity contribution in [1.82, 2.24) is 4.90 Å². The lowest BCUT2D eigenvalue weighted by molar-refractivity contribution is -0.146. The number of hydrogen-bond donors (Lipinski definition) is 1. The summed E-state index contributed by atoms with van der Waals surface area (Å²) in [6.45, 7) is 1.00. The molecule has 1 aromatic rings. The van der Waals surface area contributed by atoms with Crippen LogP contribution < -0.4 is 0 Å². The molecule has 17 heavy (non-hydrogen) atoms. The smallest absolute Gasteiger partial charge is 0.306 e. The van der Waals surface area contributed by atoms with E-state index in [4.69, 9.17) is 5.11 Å². The van der Waals surface area contributed by atoms with Crippen molar-refractivity contribution in [2.45, 2.75) is 25.3 Å². The van der Waals surface area contributed by atoms with Crippen LogP contribution in [0.15, 0.2) is 15.9 Å². The van der Waals surface area contributed by atoms with Crippen molar-refractivity contribution >= 4 is 33.2 Å². The number of aliphatic carboxylic acids is 1. The number of hydrogen-bond acceptors (Lipinski definition) is 3. The molecule has 1 aliphatic carbocycles. The topological polar surface area (TPSA) is 40.5 Å². The second-order valence-corrected chi connectivity index (χ2v) is 7.14. The molecule has 5 heteroatoms. The first-order chi connectivity index (χ1) is 8.06. The van der Waals surface area contributed by atoms with Gasteiger partial charge in [0.2, 0.25) is 0 Å². The summed E-state index contributed by atoms with van der Waals surface area (Å²) in [5, 5.41) is 8.82. The van der Waals surface area contributed by atoms with Crippen LogP contribution in [0.4, 0.5) is 0 Å². The highest BCUT2D eigenvalue weighted by atomic mass is 79.9. The highest BCUT2D eigenvalue weighted by molar-refractivity contribution is 9.11. The van der Waals surface area contributed by atoms with Crippen molar-refractivity contribution in [2.75, 3.05) is 13.6 Å². The van der Waals surface area contributed by atoms with Crippen LogP contribution in [0.3, 0.4) is 0 Å². The van der Waals surface area contributed by atoms with Crippen LogP contribution in [0.1, 0.15) is 17.7 Å². The molecule has 0 radical (unpaired) electrons. The summed E-state index contributed by atoms with van der Waals surface area (Å²) < 4.78 is 1.17. The first-order valence-corrected chi connectivity index (χ1v) is 7.34. The molecule has 3 nitrogen and oxygen atoms in total. The van der Waals surface area contributed by atoms with E-state index in [-0.39, 0.29) is 5.92 Å². The molecule has 0 spiro atoms. The maximum atomic E-state index is 10.7. The van der Waals surface area contributed by atoms with Crippen LogP contribution in [0.5, 0.6) is 0 Å². The van der Waals surface area contributed by atoms with Gasteiger partial charge in [-0.15, -0.1) is 11.3 Å². The summed E-state index contributed by atoms with van der Waals surface area (Å²) in [7, 11) is 2.09. The SMILES string of the molecule is CN(CCc1ccc(Br)s1)C1CC(C(=O)O)C1. The maximum Gasteiger partial charge on any atom is 0.306 e. The fourth-order valence-corrected chi connectivity index (χ4v) is 3.58. The Balaban J connectivity index is 1.72. The van der Waals surface area contributed by atoms with E-state index in [1.165, 1.54) is 8.66 Å². The Labute approximate surface area is 114 Å². The fraction of sp³-hybridized carbons (Fsp3) is 0.583. The molecular formula is C12H16BrNO2S. The Hall–Kier alpha value is -0.390. The summed E-state index contributed by atoms with van der Waals surface area (Å²) in [5.74, 6) is -0.754. The van der Waals surface area contributed by atoms with Crippen molar-refractivity contribution in [3.05, 3.63) is 20.8 Å². The third kappa shape index (κ3) is 3.30. The van der Waals surface area contributed by atoms with E-state index in [1.807, 2.05) is 0 Å². The molecule has 1 aliphatic rings. The van der Waals surface area contributed by atoms with Crippen molar-refractivity contribution in [1.29, 1.82) is 0 Å². The van der Waals surface area contributed by atoms with E-state index < -0.39 is 5.97 Å². The number of halogens is 1. The molecule has 2 rings (SSSR count). The molecule has 1 saturated carbocycles. The lowest BCUT2D eigenvalue weighted by Gasteiger charge is -2.39. The average Bonchev–Trinajstić information content (AvgIpc) is 2.58. The minimum absolute atomic E-state index is 0.113. The van der Waals surface area contributed by atoms with Gasteiger partial charge < -0.3 is 10.0 Å². The minimum Gasteiger partial charge on any atom is -0.481 e. The summed E-state index contributed by atoms with van der Waals surface area (Å²) in [4.78, 5) is 14.4. The summed E-state index contributed by atoms with van der Waals surface area (Å²) >= 11 is 5.22. The molecule has 0 saturated heterocycles. The molecule has 0 amide bonds. The van der Waals surface area contributed by atoms with E-state index in [0.717, 1.165) is 25.8 Å². The third-order valence-electron chi connectivity index (χ3n) is 3.43. The first kappa shape index (κ1) is 13.1. The number of thiophene rings is 1. The third-order valence-corrected chi connectivity index (χ3v) is 5.11. The van der Waals surface area contributed by atoms with Gasteiger partial charge in [-0.2, -0.15) is 0 Å². The van der Waals surface area contributed by atoms with E-state index in [2.05, 4.69) is 40.0 Å². The Morgan fingerprint density at radius 2 is 2.29 bits per heavy atom. The normalized spacial score (nSPS) is 23.7. The summed E-state index contributed by atoms with van der Waals surface area (Å²) in [6.07, 6.45) is 2.65. The number of carboxylic acid groups (broad SMARTS) is 1. The zero-order chi connectivity index (χ0) is 12.4. The largest absolute Gasteiger partial charge is 0.481 e. The molecule has 0 bridgehead atoms. The summed E-state index contributed by atoms with van der Waals surface area (Å²) in [5.41, 5.74) is 0.